The van der Waals surface area contributed by atoms with Gasteiger partial charge in [0.2, 0.25) is 0 Å². The average Bonchev–Trinajstić information content (AvgIpc) is 2.40. The quantitative estimate of drug-likeness (QED) is 0.937. The molecule has 20 heavy (non-hydrogen) atoms. The van der Waals surface area contributed by atoms with Crippen molar-refractivity contribution >= 4 is 0 Å². The summed E-state index contributed by atoms with van der Waals surface area (Å²) >= 11 is 0. The van der Waals surface area contributed by atoms with Gasteiger partial charge in [-0.1, -0.05) is 12.1 Å². The first kappa shape index (κ1) is 14.3. The highest BCUT2D eigenvalue weighted by molar-refractivity contribution is 5.28. The van der Waals surface area contributed by atoms with Crippen molar-refractivity contribution in [1.29, 1.82) is 0 Å². The van der Waals surface area contributed by atoms with Crippen LogP contribution in [0.4, 0.5) is 13.2 Å². The Labute approximate surface area is 112 Å². The highest BCUT2D eigenvalue weighted by atomic mass is 19.4. The summed E-state index contributed by atoms with van der Waals surface area (Å²) in [5.41, 5.74) is 1.22. The van der Waals surface area contributed by atoms with Gasteiger partial charge in [0.15, 0.2) is 0 Å². The summed E-state index contributed by atoms with van der Waals surface area (Å²) in [5, 5.41) is 9.94. The normalized spacial score (nSPS) is 13.0. The number of nitrogens with zero attached hydrogens (tertiary/aromatic N) is 2. The minimum Gasteiger partial charge on any atom is -0.406 e. The molecule has 0 saturated carbocycles. The molecule has 0 aliphatic rings. The van der Waals surface area contributed by atoms with Gasteiger partial charge < -0.3 is 9.84 Å². The first-order valence-electron chi connectivity index (χ1n) is 5.72. The van der Waals surface area contributed by atoms with E-state index in [1.165, 1.54) is 43.0 Å². The van der Waals surface area contributed by atoms with Gasteiger partial charge in [-0.05, 0) is 17.7 Å². The summed E-state index contributed by atoms with van der Waals surface area (Å²) < 4.78 is 39.8. The van der Waals surface area contributed by atoms with Gasteiger partial charge in [-0.2, -0.15) is 0 Å². The van der Waals surface area contributed by atoms with Gasteiger partial charge in [-0.3, -0.25) is 0 Å². The van der Waals surface area contributed by atoms with Gasteiger partial charge in [0.05, 0.1) is 6.10 Å². The summed E-state index contributed by atoms with van der Waals surface area (Å²) in [7, 11) is 0. The van der Waals surface area contributed by atoms with Gasteiger partial charge in [-0.15, -0.1) is 13.2 Å². The highest BCUT2D eigenvalue weighted by Crippen LogP contribution is 2.24. The van der Waals surface area contributed by atoms with Crippen LogP contribution < -0.4 is 4.74 Å². The molecule has 2 aromatic rings. The Morgan fingerprint density at radius 2 is 1.70 bits per heavy atom. The standard InChI is InChI=1S/C13H11F3N2O2/c14-13(15,16)20-11-3-1-9(2-4-11)5-12(19)10-6-17-8-18-7-10/h1-4,6-8,12,19H,5H2. The Kier molecular flexibility index (Phi) is 4.19. The van der Waals surface area contributed by atoms with E-state index >= 15 is 0 Å². The van der Waals surface area contributed by atoms with Crippen LogP contribution in [0, 0.1) is 0 Å². The summed E-state index contributed by atoms with van der Waals surface area (Å²) in [6, 6.07) is 5.34. The number of hydrogen-bond acceptors (Lipinski definition) is 4. The van der Waals surface area contributed by atoms with Gasteiger partial charge in [-0.25, -0.2) is 9.97 Å². The van der Waals surface area contributed by atoms with E-state index in [-0.39, 0.29) is 12.2 Å². The number of rotatable bonds is 4. The van der Waals surface area contributed by atoms with Crippen LogP contribution in [-0.4, -0.2) is 21.4 Å². The predicted molar refractivity (Wildman–Crippen MR) is 63.8 cm³/mol. The van der Waals surface area contributed by atoms with Gasteiger partial charge in [0.1, 0.15) is 12.1 Å². The van der Waals surface area contributed by atoms with Gasteiger partial charge in [0, 0.05) is 24.4 Å². The van der Waals surface area contributed by atoms with Crippen LogP contribution >= 0.6 is 0 Å². The summed E-state index contributed by atoms with van der Waals surface area (Å²) in [4.78, 5) is 7.57. The van der Waals surface area contributed by atoms with Crippen molar-refractivity contribution in [3.63, 3.8) is 0 Å². The molecule has 0 amide bonds. The maximum absolute atomic E-state index is 12.0. The molecule has 1 N–H and O–H groups in total. The Morgan fingerprint density at radius 1 is 1.10 bits per heavy atom. The van der Waals surface area contributed by atoms with Crippen LogP contribution in [0.1, 0.15) is 17.2 Å². The largest absolute Gasteiger partial charge is 0.573 e. The SMILES string of the molecule is OC(Cc1ccc(OC(F)(F)F)cc1)c1cncnc1. The minimum atomic E-state index is -4.71. The molecule has 1 aromatic heterocycles. The van der Waals surface area contributed by atoms with Crippen LogP contribution in [0.2, 0.25) is 0 Å². The predicted octanol–water partition coefficient (Wildman–Crippen LogP) is 2.65. The lowest BCUT2D eigenvalue weighted by molar-refractivity contribution is -0.274. The van der Waals surface area contributed by atoms with E-state index in [0.29, 0.717) is 11.1 Å². The zero-order valence-corrected chi connectivity index (χ0v) is 10.2. The Hall–Kier alpha value is -2.15. The Bertz CT molecular complexity index is 544. The first-order valence-corrected chi connectivity index (χ1v) is 5.72. The van der Waals surface area contributed by atoms with Crippen LogP contribution in [-0.2, 0) is 6.42 Å². The average molecular weight is 284 g/mol. The molecule has 0 saturated heterocycles. The molecule has 0 spiro atoms. The summed E-state index contributed by atoms with van der Waals surface area (Å²) in [5.74, 6) is -0.293. The molecule has 106 valence electrons. The second kappa shape index (κ2) is 5.87. The fourth-order valence-electron chi connectivity index (χ4n) is 1.65. The van der Waals surface area contributed by atoms with E-state index in [0.717, 1.165) is 0 Å². The number of benzene rings is 1. The number of aromatic nitrogens is 2. The lowest BCUT2D eigenvalue weighted by Gasteiger charge is -2.12. The molecule has 0 radical (unpaired) electrons. The molecular weight excluding hydrogens is 273 g/mol. The molecule has 1 heterocycles. The molecule has 1 unspecified atom stereocenters. The summed E-state index contributed by atoms with van der Waals surface area (Å²) in [6.45, 7) is 0. The van der Waals surface area contributed by atoms with Gasteiger partial charge >= 0.3 is 6.36 Å². The maximum atomic E-state index is 12.0. The first-order chi connectivity index (χ1) is 9.44. The van der Waals surface area contributed by atoms with Crippen molar-refractivity contribution in [2.24, 2.45) is 0 Å². The number of ether oxygens (including phenoxy) is 1. The zero-order chi connectivity index (χ0) is 14.6. The molecule has 7 heteroatoms. The third-order valence-electron chi connectivity index (χ3n) is 2.55. The maximum Gasteiger partial charge on any atom is 0.573 e. The van der Waals surface area contributed by atoms with E-state index in [9.17, 15) is 18.3 Å². The third kappa shape index (κ3) is 4.20. The van der Waals surface area contributed by atoms with E-state index < -0.39 is 12.5 Å². The van der Waals surface area contributed by atoms with Crippen molar-refractivity contribution < 1.29 is 23.0 Å². The van der Waals surface area contributed by atoms with E-state index in [2.05, 4.69) is 14.7 Å². The molecule has 1 aromatic carbocycles. The zero-order valence-electron chi connectivity index (χ0n) is 10.2. The second-order valence-electron chi connectivity index (χ2n) is 4.08. The van der Waals surface area contributed by atoms with E-state index in [1.54, 1.807) is 0 Å². The molecule has 0 fully saturated rings. The van der Waals surface area contributed by atoms with Crippen LogP contribution in [0.15, 0.2) is 43.0 Å². The lowest BCUT2D eigenvalue weighted by atomic mass is 10.0. The van der Waals surface area contributed by atoms with Crippen LogP contribution in [0.5, 0.6) is 5.75 Å². The number of halogens is 3. The van der Waals surface area contributed by atoms with E-state index in [1.807, 2.05) is 0 Å². The van der Waals surface area contributed by atoms with Crippen molar-refractivity contribution in [2.45, 2.75) is 18.9 Å². The molecule has 0 aliphatic heterocycles. The molecule has 4 nitrogen and oxygen atoms in total. The highest BCUT2D eigenvalue weighted by Gasteiger charge is 2.30. The fraction of sp³-hybridized carbons (Fsp3) is 0.231. The topological polar surface area (TPSA) is 55.2 Å². The second-order valence-corrected chi connectivity index (χ2v) is 4.08. The third-order valence-corrected chi connectivity index (χ3v) is 2.55. The smallest absolute Gasteiger partial charge is 0.406 e. The van der Waals surface area contributed by atoms with Crippen LogP contribution in [0.25, 0.3) is 0 Å². The van der Waals surface area contributed by atoms with Crippen molar-refractivity contribution in [3.8, 4) is 5.75 Å². The lowest BCUT2D eigenvalue weighted by Crippen LogP contribution is -2.17. The van der Waals surface area contributed by atoms with Crippen molar-refractivity contribution in [3.05, 3.63) is 54.1 Å². The molecule has 1 atom stereocenters. The van der Waals surface area contributed by atoms with Crippen LogP contribution in [0.3, 0.4) is 0 Å². The number of aliphatic hydroxyl groups excluding tert-OH is 1. The van der Waals surface area contributed by atoms with Gasteiger partial charge in [0.25, 0.3) is 0 Å². The summed E-state index contributed by atoms with van der Waals surface area (Å²) in [6.07, 6.45) is -0.954. The van der Waals surface area contributed by atoms with Crippen molar-refractivity contribution in [1.82, 2.24) is 9.97 Å². The molecule has 2 rings (SSSR count). The monoisotopic (exact) mass is 284 g/mol. The minimum absolute atomic E-state index is 0.250. The Morgan fingerprint density at radius 3 is 2.25 bits per heavy atom. The number of alkyl halides is 3. The fourth-order valence-corrected chi connectivity index (χ4v) is 1.65. The number of aliphatic hydroxyl groups is 1. The molecule has 0 aliphatic carbocycles. The van der Waals surface area contributed by atoms with Crippen molar-refractivity contribution in [2.75, 3.05) is 0 Å². The molecular formula is C13H11F3N2O2. The Balaban J connectivity index is 2.00. The number of hydrogen-bond donors (Lipinski definition) is 1. The van der Waals surface area contributed by atoms with E-state index in [4.69, 9.17) is 0 Å². The molecule has 0 bridgehead atoms.